The minimum Gasteiger partial charge on any atom is -0.441 e. The molecule has 1 aromatic rings. The molecule has 0 spiro atoms. The summed E-state index contributed by atoms with van der Waals surface area (Å²) < 4.78 is 10.2. The van der Waals surface area contributed by atoms with Gasteiger partial charge in [0.15, 0.2) is 0 Å². The van der Waals surface area contributed by atoms with E-state index in [0.717, 1.165) is 0 Å². The molecule has 0 aliphatic rings. The Morgan fingerprint density at radius 1 is 1.42 bits per heavy atom. The van der Waals surface area contributed by atoms with Crippen LogP contribution >= 0.6 is 23.2 Å². The number of benzene rings is 1. The van der Waals surface area contributed by atoms with E-state index >= 15 is 0 Å². The molecule has 19 heavy (non-hydrogen) atoms. The first-order valence-electron chi connectivity index (χ1n) is 5.84. The number of methoxy groups -OCH3 is 1. The Labute approximate surface area is 122 Å². The van der Waals surface area contributed by atoms with Crippen LogP contribution in [0.2, 0.25) is 10.0 Å². The van der Waals surface area contributed by atoms with Gasteiger partial charge in [-0.1, -0.05) is 36.2 Å². The van der Waals surface area contributed by atoms with Gasteiger partial charge >= 0.3 is 6.09 Å². The first-order valence-corrected chi connectivity index (χ1v) is 6.59. The normalized spacial score (nSPS) is 13.9. The number of ether oxygens (including phenoxy) is 2. The lowest BCUT2D eigenvalue weighted by molar-refractivity contribution is 0.0740. The number of primary amides is 1. The maximum Gasteiger partial charge on any atom is 0.405 e. The Kier molecular flexibility index (Phi) is 6.42. The molecule has 0 aliphatic carbocycles. The zero-order chi connectivity index (χ0) is 14.4. The average molecular weight is 306 g/mol. The number of hydrogen-bond donors (Lipinski definition) is 1. The van der Waals surface area contributed by atoms with Crippen LogP contribution in [-0.4, -0.2) is 19.8 Å². The molecule has 0 aromatic heterocycles. The second kappa shape index (κ2) is 7.58. The number of hydrogen-bond acceptors (Lipinski definition) is 3. The van der Waals surface area contributed by atoms with Gasteiger partial charge in [-0.3, -0.25) is 0 Å². The SMILES string of the molecule is COC[C@@H](C)C[C@H](OC(N)=O)c1ccc(Cl)cc1Cl. The van der Waals surface area contributed by atoms with Gasteiger partial charge in [0.25, 0.3) is 0 Å². The molecule has 0 saturated carbocycles. The summed E-state index contributed by atoms with van der Waals surface area (Å²) >= 11 is 12.0. The molecule has 0 radical (unpaired) electrons. The van der Waals surface area contributed by atoms with Gasteiger partial charge < -0.3 is 15.2 Å². The Bertz CT molecular complexity index is 440. The third-order valence-corrected chi connectivity index (χ3v) is 3.20. The molecular formula is C13H17Cl2NO3. The summed E-state index contributed by atoms with van der Waals surface area (Å²) in [5.74, 6) is 0.195. The van der Waals surface area contributed by atoms with Gasteiger partial charge in [-0.05, 0) is 24.5 Å². The van der Waals surface area contributed by atoms with E-state index in [9.17, 15) is 4.79 Å². The fourth-order valence-electron chi connectivity index (χ4n) is 1.86. The largest absolute Gasteiger partial charge is 0.441 e. The van der Waals surface area contributed by atoms with Crippen LogP contribution in [0.25, 0.3) is 0 Å². The molecule has 1 aromatic carbocycles. The molecule has 1 amide bonds. The van der Waals surface area contributed by atoms with Crippen molar-refractivity contribution < 1.29 is 14.3 Å². The van der Waals surface area contributed by atoms with Gasteiger partial charge in [-0.25, -0.2) is 4.79 Å². The van der Waals surface area contributed by atoms with Gasteiger partial charge in [-0.2, -0.15) is 0 Å². The highest BCUT2D eigenvalue weighted by Crippen LogP contribution is 2.32. The predicted octanol–water partition coefficient (Wildman–Crippen LogP) is 3.80. The zero-order valence-electron chi connectivity index (χ0n) is 10.9. The van der Waals surface area contributed by atoms with E-state index in [1.54, 1.807) is 25.3 Å². The lowest BCUT2D eigenvalue weighted by Gasteiger charge is -2.21. The molecule has 6 heteroatoms. The van der Waals surface area contributed by atoms with Crippen LogP contribution in [0.1, 0.15) is 25.0 Å². The van der Waals surface area contributed by atoms with Crippen molar-refractivity contribution in [2.75, 3.05) is 13.7 Å². The van der Waals surface area contributed by atoms with Crippen molar-refractivity contribution in [3.63, 3.8) is 0 Å². The summed E-state index contributed by atoms with van der Waals surface area (Å²) in [5, 5.41) is 0.972. The maximum absolute atomic E-state index is 11.0. The Balaban J connectivity index is 2.92. The van der Waals surface area contributed by atoms with E-state index in [-0.39, 0.29) is 5.92 Å². The van der Waals surface area contributed by atoms with Crippen molar-refractivity contribution in [3.8, 4) is 0 Å². The van der Waals surface area contributed by atoms with Crippen LogP contribution in [0.15, 0.2) is 18.2 Å². The van der Waals surface area contributed by atoms with E-state index in [4.69, 9.17) is 38.4 Å². The van der Waals surface area contributed by atoms with Crippen molar-refractivity contribution in [2.24, 2.45) is 11.7 Å². The number of carbonyl (C=O) groups excluding carboxylic acids is 1. The molecule has 2 atom stereocenters. The highest BCUT2D eigenvalue weighted by molar-refractivity contribution is 6.35. The smallest absolute Gasteiger partial charge is 0.405 e. The Morgan fingerprint density at radius 2 is 2.11 bits per heavy atom. The van der Waals surface area contributed by atoms with Crippen LogP contribution in [0.4, 0.5) is 4.79 Å². The van der Waals surface area contributed by atoms with E-state index in [1.165, 1.54) is 0 Å². The molecule has 0 aliphatic heterocycles. The van der Waals surface area contributed by atoms with Gasteiger partial charge in [-0.15, -0.1) is 0 Å². The van der Waals surface area contributed by atoms with Crippen LogP contribution < -0.4 is 5.73 Å². The number of halogens is 2. The summed E-state index contributed by atoms with van der Waals surface area (Å²) in [6.07, 6.45) is -0.772. The fraction of sp³-hybridized carbons (Fsp3) is 0.462. The Hall–Kier alpha value is -0.970. The molecule has 1 rings (SSSR count). The Morgan fingerprint density at radius 3 is 2.63 bits per heavy atom. The summed E-state index contributed by atoms with van der Waals surface area (Å²) in [6.45, 7) is 2.55. The summed E-state index contributed by atoms with van der Waals surface area (Å²) in [7, 11) is 1.62. The van der Waals surface area contributed by atoms with E-state index < -0.39 is 12.2 Å². The van der Waals surface area contributed by atoms with Gasteiger partial charge in [0, 0.05) is 29.3 Å². The lowest BCUT2D eigenvalue weighted by atomic mass is 9.98. The van der Waals surface area contributed by atoms with Gasteiger partial charge in [0.2, 0.25) is 0 Å². The van der Waals surface area contributed by atoms with Crippen molar-refractivity contribution >= 4 is 29.3 Å². The van der Waals surface area contributed by atoms with Crippen LogP contribution in [0, 0.1) is 5.92 Å². The second-order valence-electron chi connectivity index (χ2n) is 4.39. The number of carbonyl (C=O) groups is 1. The third-order valence-electron chi connectivity index (χ3n) is 2.64. The molecule has 0 bridgehead atoms. The quantitative estimate of drug-likeness (QED) is 0.869. The number of amides is 1. The lowest BCUT2D eigenvalue weighted by Crippen LogP contribution is -2.20. The van der Waals surface area contributed by atoms with Crippen molar-refractivity contribution in [2.45, 2.75) is 19.4 Å². The van der Waals surface area contributed by atoms with Gasteiger partial charge in [0.05, 0.1) is 0 Å². The van der Waals surface area contributed by atoms with Crippen molar-refractivity contribution in [1.82, 2.24) is 0 Å². The minimum absolute atomic E-state index is 0.195. The molecule has 106 valence electrons. The van der Waals surface area contributed by atoms with Crippen LogP contribution in [0.3, 0.4) is 0 Å². The van der Waals surface area contributed by atoms with Gasteiger partial charge in [0.1, 0.15) is 6.10 Å². The molecule has 0 fully saturated rings. The molecule has 0 unspecified atom stereocenters. The average Bonchev–Trinajstić information content (AvgIpc) is 2.27. The first kappa shape index (κ1) is 16.1. The van der Waals surface area contributed by atoms with Crippen molar-refractivity contribution in [3.05, 3.63) is 33.8 Å². The molecule has 2 N–H and O–H groups in total. The van der Waals surface area contributed by atoms with E-state index in [0.29, 0.717) is 28.6 Å². The molecule has 0 heterocycles. The van der Waals surface area contributed by atoms with E-state index in [2.05, 4.69) is 0 Å². The third kappa shape index (κ3) is 5.27. The zero-order valence-corrected chi connectivity index (χ0v) is 12.4. The summed E-state index contributed by atoms with van der Waals surface area (Å²) in [4.78, 5) is 11.0. The number of nitrogens with two attached hydrogens (primary N) is 1. The van der Waals surface area contributed by atoms with Crippen LogP contribution in [0.5, 0.6) is 0 Å². The topological polar surface area (TPSA) is 61.6 Å². The summed E-state index contributed by atoms with van der Waals surface area (Å²) in [5.41, 5.74) is 5.79. The predicted molar refractivity (Wildman–Crippen MR) is 75.5 cm³/mol. The highest BCUT2D eigenvalue weighted by atomic mass is 35.5. The minimum atomic E-state index is -0.833. The molecule has 4 nitrogen and oxygen atoms in total. The molecular weight excluding hydrogens is 289 g/mol. The fourth-order valence-corrected chi connectivity index (χ4v) is 2.39. The van der Waals surface area contributed by atoms with E-state index in [1.807, 2.05) is 6.92 Å². The second-order valence-corrected chi connectivity index (χ2v) is 5.23. The highest BCUT2D eigenvalue weighted by Gasteiger charge is 2.21. The monoisotopic (exact) mass is 305 g/mol. The number of rotatable bonds is 6. The maximum atomic E-state index is 11.0. The van der Waals surface area contributed by atoms with Crippen LogP contribution in [-0.2, 0) is 9.47 Å². The summed E-state index contributed by atoms with van der Waals surface area (Å²) in [6, 6.07) is 5.04. The first-order chi connectivity index (χ1) is 8.93. The molecule has 0 saturated heterocycles. The van der Waals surface area contributed by atoms with Crippen molar-refractivity contribution in [1.29, 1.82) is 0 Å². The standard InChI is InChI=1S/C13H17Cl2NO3/c1-8(7-18-2)5-12(19-13(16)17)10-4-3-9(14)6-11(10)15/h3-4,6,8,12H,5,7H2,1-2H3,(H2,16,17)/t8-,12-/m0/s1.